The van der Waals surface area contributed by atoms with Crippen molar-refractivity contribution in [1.82, 2.24) is 10.2 Å². The van der Waals surface area contributed by atoms with Crippen molar-refractivity contribution in [3.05, 3.63) is 64.7 Å². The number of carbonyl (C=O) groups is 2. The lowest BCUT2D eigenvalue weighted by Gasteiger charge is -2.31. The highest BCUT2D eigenvalue weighted by Gasteiger charge is 2.28. The molecule has 162 valence electrons. The second-order valence-electron chi connectivity index (χ2n) is 8.44. The molecular weight excluding hydrogens is 400 g/mol. The lowest BCUT2D eigenvalue weighted by molar-refractivity contribution is -0.142. The number of ether oxygens (including phenoxy) is 1. The Kier molecular flexibility index (Phi) is 8.30. The van der Waals surface area contributed by atoms with E-state index in [-0.39, 0.29) is 24.0 Å². The maximum atomic E-state index is 13.0. The molecule has 0 spiro atoms. The monoisotopic (exact) mass is 430 g/mol. The summed E-state index contributed by atoms with van der Waals surface area (Å²) in [4.78, 5) is 27.3. The molecular formula is C24H31ClN2O3. The Morgan fingerprint density at radius 3 is 2.40 bits per heavy atom. The van der Waals surface area contributed by atoms with Crippen molar-refractivity contribution in [2.45, 2.75) is 52.6 Å². The highest BCUT2D eigenvalue weighted by molar-refractivity contribution is 6.31. The molecule has 0 saturated heterocycles. The molecule has 2 amide bonds. The van der Waals surface area contributed by atoms with E-state index in [1.54, 1.807) is 30.0 Å². The van der Waals surface area contributed by atoms with Gasteiger partial charge in [0.25, 0.3) is 5.91 Å². The molecule has 5 nitrogen and oxygen atoms in total. The van der Waals surface area contributed by atoms with Gasteiger partial charge >= 0.3 is 0 Å². The fraction of sp³-hybridized carbons (Fsp3) is 0.417. The maximum Gasteiger partial charge on any atom is 0.261 e. The lowest BCUT2D eigenvalue weighted by atomic mass is 10.1. The Morgan fingerprint density at radius 1 is 1.13 bits per heavy atom. The van der Waals surface area contributed by atoms with Crippen LogP contribution in [0.1, 0.15) is 38.8 Å². The van der Waals surface area contributed by atoms with Crippen LogP contribution < -0.4 is 10.1 Å². The molecule has 6 heteroatoms. The van der Waals surface area contributed by atoms with Crippen LogP contribution in [0.3, 0.4) is 0 Å². The SMILES string of the molecule is Cc1cc(OCC(=O)N(CCc2ccccc2)C(C)C(=O)NC(C)(C)C)ccc1Cl. The Morgan fingerprint density at radius 2 is 1.80 bits per heavy atom. The second-order valence-corrected chi connectivity index (χ2v) is 8.84. The zero-order valence-electron chi connectivity index (χ0n) is 18.4. The highest BCUT2D eigenvalue weighted by Crippen LogP contribution is 2.21. The zero-order valence-corrected chi connectivity index (χ0v) is 19.1. The number of amides is 2. The number of hydrogen-bond acceptors (Lipinski definition) is 3. The predicted octanol–water partition coefficient (Wildman–Crippen LogP) is 4.40. The normalized spacial score (nSPS) is 12.2. The average Bonchev–Trinajstić information content (AvgIpc) is 2.68. The molecule has 2 aromatic carbocycles. The van der Waals surface area contributed by atoms with Crippen LogP contribution in [0, 0.1) is 6.92 Å². The van der Waals surface area contributed by atoms with E-state index in [1.165, 1.54) is 0 Å². The minimum atomic E-state index is -0.615. The van der Waals surface area contributed by atoms with Gasteiger partial charge < -0.3 is 15.0 Å². The van der Waals surface area contributed by atoms with Crippen LogP contribution in [0.5, 0.6) is 5.75 Å². The fourth-order valence-electron chi connectivity index (χ4n) is 2.98. The summed E-state index contributed by atoms with van der Waals surface area (Å²) in [5.74, 6) is 0.140. The first-order chi connectivity index (χ1) is 14.1. The zero-order chi connectivity index (χ0) is 22.3. The van der Waals surface area contributed by atoms with Crippen molar-refractivity contribution < 1.29 is 14.3 Å². The number of halogens is 1. The first kappa shape index (κ1) is 23.7. The Hall–Kier alpha value is -2.53. The molecule has 1 N–H and O–H groups in total. The van der Waals surface area contributed by atoms with E-state index in [2.05, 4.69) is 5.32 Å². The maximum absolute atomic E-state index is 13.0. The summed E-state index contributed by atoms with van der Waals surface area (Å²) in [7, 11) is 0. The van der Waals surface area contributed by atoms with Crippen LogP contribution in [0.15, 0.2) is 48.5 Å². The lowest BCUT2D eigenvalue weighted by Crippen LogP contribution is -2.53. The molecule has 0 aliphatic carbocycles. The third kappa shape index (κ3) is 7.38. The van der Waals surface area contributed by atoms with E-state index >= 15 is 0 Å². The van der Waals surface area contributed by atoms with Crippen molar-refractivity contribution in [2.75, 3.05) is 13.2 Å². The van der Waals surface area contributed by atoms with Crippen LogP contribution in [-0.2, 0) is 16.0 Å². The van der Waals surface area contributed by atoms with Gasteiger partial charge in [-0.2, -0.15) is 0 Å². The molecule has 30 heavy (non-hydrogen) atoms. The quantitative estimate of drug-likeness (QED) is 0.675. The van der Waals surface area contributed by atoms with E-state index in [9.17, 15) is 9.59 Å². The number of nitrogens with zero attached hydrogens (tertiary/aromatic N) is 1. The molecule has 0 bridgehead atoms. The van der Waals surface area contributed by atoms with E-state index in [0.717, 1.165) is 11.1 Å². The van der Waals surface area contributed by atoms with Gasteiger partial charge in [-0.15, -0.1) is 0 Å². The predicted molar refractivity (Wildman–Crippen MR) is 121 cm³/mol. The molecule has 1 atom stereocenters. The van der Waals surface area contributed by atoms with Gasteiger partial charge in [0, 0.05) is 17.1 Å². The third-order valence-electron chi connectivity index (χ3n) is 4.64. The first-order valence-corrected chi connectivity index (χ1v) is 10.5. The number of aryl methyl sites for hydroxylation is 1. The second kappa shape index (κ2) is 10.5. The summed E-state index contributed by atoms with van der Waals surface area (Å²) in [6.45, 7) is 9.64. The van der Waals surface area contributed by atoms with Crippen LogP contribution in [0.4, 0.5) is 0 Å². The first-order valence-electron chi connectivity index (χ1n) is 10.1. The number of nitrogens with one attached hydrogen (secondary N) is 1. The molecule has 1 unspecified atom stereocenters. The molecule has 0 aromatic heterocycles. The van der Waals surface area contributed by atoms with Crippen LogP contribution in [-0.4, -0.2) is 41.4 Å². The van der Waals surface area contributed by atoms with E-state index in [1.807, 2.05) is 58.0 Å². The molecule has 0 radical (unpaired) electrons. The minimum absolute atomic E-state index is 0.150. The van der Waals surface area contributed by atoms with Gasteiger partial charge in [0.15, 0.2) is 6.61 Å². The van der Waals surface area contributed by atoms with E-state index in [4.69, 9.17) is 16.3 Å². The van der Waals surface area contributed by atoms with Crippen molar-refractivity contribution >= 4 is 23.4 Å². The Balaban J connectivity index is 2.10. The Bertz CT molecular complexity index is 862. The molecule has 0 aliphatic rings. The van der Waals surface area contributed by atoms with Gasteiger partial charge in [-0.05, 0) is 70.4 Å². The van der Waals surface area contributed by atoms with Gasteiger partial charge in [-0.25, -0.2) is 0 Å². The largest absolute Gasteiger partial charge is 0.484 e. The summed E-state index contributed by atoms with van der Waals surface area (Å²) in [5, 5.41) is 3.60. The van der Waals surface area contributed by atoms with Gasteiger partial charge in [-0.3, -0.25) is 9.59 Å². The van der Waals surface area contributed by atoms with Gasteiger partial charge in [-0.1, -0.05) is 41.9 Å². The van der Waals surface area contributed by atoms with E-state index < -0.39 is 6.04 Å². The minimum Gasteiger partial charge on any atom is -0.484 e. The molecule has 0 saturated carbocycles. The molecule has 2 aromatic rings. The smallest absolute Gasteiger partial charge is 0.261 e. The molecule has 0 aliphatic heterocycles. The highest BCUT2D eigenvalue weighted by atomic mass is 35.5. The van der Waals surface area contributed by atoms with Gasteiger partial charge in [0.05, 0.1) is 0 Å². The van der Waals surface area contributed by atoms with Gasteiger partial charge in [0.1, 0.15) is 11.8 Å². The summed E-state index contributed by atoms with van der Waals surface area (Å²) in [5.41, 5.74) is 1.60. The fourth-order valence-corrected chi connectivity index (χ4v) is 3.10. The average molecular weight is 431 g/mol. The summed E-state index contributed by atoms with van der Waals surface area (Å²) in [6, 6.07) is 14.5. The Labute approximate surface area is 184 Å². The number of rotatable bonds is 8. The molecule has 2 rings (SSSR count). The summed E-state index contributed by atoms with van der Waals surface area (Å²) >= 11 is 6.05. The van der Waals surface area contributed by atoms with Crippen LogP contribution in [0.25, 0.3) is 0 Å². The van der Waals surface area contributed by atoms with Crippen molar-refractivity contribution in [3.63, 3.8) is 0 Å². The number of carbonyl (C=O) groups excluding carboxylic acids is 2. The summed E-state index contributed by atoms with van der Waals surface area (Å²) < 4.78 is 5.69. The van der Waals surface area contributed by atoms with Crippen molar-refractivity contribution in [3.8, 4) is 5.75 Å². The molecule has 0 heterocycles. The van der Waals surface area contributed by atoms with Crippen LogP contribution in [0.2, 0.25) is 5.02 Å². The number of hydrogen-bond donors (Lipinski definition) is 1. The number of benzene rings is 2. The van der Waals surface area contributed by atoms with E-state index in [0.29, 0.717) is 23.7 Å². The third-order valence-corrected chi connectivity index (χ3v) is 5.07. The topological polar surface area (TPSA) is 58.6 Å². The standard InChI is InChI=1S/C24H31ClN2O3/c1-17-15-20(11-12-21(17)25)30-16-22(28)27(14-13-19-9-7-6-8-10-19)18(2)23(29)26-24(3,4)5/h6-12,15,18H,13-14,16H2,1-5H3,(H,26,29). The van der Waals surface area contributed by atoms with Crippen LogP contribution >= 0.6 is 11.6 Å². The van der Waals surface area contributed by atoms with Gasteiger partial charge in [0.2, 0.25) is 5.91 Å². The summed E-state index contributed by atoms with van der Waals surface area (Å²) in [6.07, 6.45) is 0.653. The molecule has 0 fully saturated rings. The van der Waals surface area contributed by atoms with Crippen molar-refractivity contribution in [2.24, 2.45) is 0 Å². The van der Waals surface area contributed by atoms with Crippen molar-refractivity contribution in [1.29, 1.82) is 0 Å².